The maximum absolute atomic E-state index is 6.17. The molecule has 0 radical (unpaired) electrons. The fourth-order valence-electron chi connectivity index (χ4n) is 1.86. The minimum atomic E-state index is 0.137. The Kier molecular flexibility index (Phi) is 4.27. The van der Waals surface area contributed by atoms with Crippen molar-refractivity contribution < 1.29 is 0 Å². The first-order valence-corrected chi connectivity index (χ1v) is 6.87. The number of H-pyrrole nitrogens is 1. The van der Waals surface area contributed by atoms with Crippen LogP contribution >= 0.6 is 11.6 Å². The standard InChI is InChI=1S/C15H20ClN3/c1-15(2,3)18-9-8-14-17-10-13(19-14)11-6-4-5-7-12(11)16/h4-7,10,18H,8-9H2,1-3H3,(H,17,19). The van der Waals surface area contributed by atoms with E-state index in [-0.39, 0.29) is 5.54 Å². The normalized spacial score (nSPS) is 11.8. The first-order valence-electron chi connectivity index (χ1n) is 6.49. The van der Waals surface area contributed by atoms with Crippen LogP contribution in [-0.4, -0.2) is 22.1 Å². The van der Waals surface area contributed by atoms with Gasteiger partial charge in [-0.3, -0.25) is 0 Å². The summed E-state index contributed by atoms with van der Waals surface area (Å²) in [6.45, 7) is 7.37. The van der Waals surface area contributed by atoms with Gasteiger partial charge in [-0.15, -0.1) is 0 Å². The van der Waals surface area contributed by atoms with Crippen molar-refractivity contribution in [3.05, 3.63) is 41.3 Å². The van der Waals surface area contributed by atoms with Gasteiger partial charge in [0.1, 0.15) is 5.82 Å². The van der Waals surface area contributed by atoms with Gasteiger partial charge in [-0.05, 0) is 26.8 Å². The van der Waals surface area contributed by atoms with Crippen LogP contribution in [-0.2, 0) is 6.42 Å². The molecule has 1 heterocycles. The molecule has 2 aromatic rings. The predicted molar refractivity (Wildman–Crippen MR) is 80.5 cm³/mol. The molecule has 3 nitrogen and oxygen atoms in total. The summed E-state index contributed by atoms with van der Waals surface area (Å²) in [5.41, 5.74) is 2.10. The third-order valence-corrected chi connectivity index (χ3v) is 3.14. The van der Waals surface area contributed by atoms with Gasteiger partial charge >= 0.3 is 0 Å². The number of hydrogen-bond donors (Lipinski definition) is 2. The Hall–Kier alpha value is -1.32. The van der Waals surface area contributed by atoms with Crippen LogP contribution < -0.4 is 5.32 Å². The highest BCUT2D eigenvalue weighted by Gasteiger charge is 2.09. The average Bonchev–Trinajstić information content (AvgIpc) is 2.76. The SMILES string of the molecule is CC(C)(C)NCCc1ncc(-c2ccccc2Cl)[nH]1. The lowest BCUT2D eigenvalue weighted by Crippen LogP contribution is -2.37. The Bertz CT molecular complexity index is 540. The van der Waals surface area contributed by atoms with Gasteiger partial charge in [-0.1, -0.05) is 29.8 Å². The number of rotatable bonds is 4. The number of aromatic amines is 1. The van der Waals surface area contributed by atoms with E-state index in [1.54, 1.807) is 0 Å². The summed E-state index contributed by atoms with van der Waals surface area (Å²) in [7, 11) is 0. The summed E-state index contributed by atoms with van der Waals surface area (Å²) in [6, 6.07) is 7.78. The Morgan fingerprint density at radius 2 is 2.00 bits per heavy atom. The lowest BCUT2D eigenvalue weighted by Gasteiger charge is -2.19. The van der Waals surface area contributed by atoms with E-state index in [9.17, 15) is 0 Å². The van der Waals surface area contributed by atoms with E-state index >= 15 is 0 Å². The number of aromatic nitrogens is 2. The first-order chi connectivity index (χ1) is 8.96. The van der Waals surface area contributed by atoms with Crippen molar-refractivity contribution in [2.24, 2.45) is 0 Å². The molecule has 0 spiro atoms. The molecule has 0 saturated heterocycles. The molecule has 2 N–H and O–H groups in total. The van der Waals surface area contributed by atoms with Gasteiger partial charge in [0.25, 0.3) is 0 Å². The highest BCUT2D eigenvalue weighted by molar-refractivity contribution is 6.33. The fraction of sp³-hybridized carbons (Fsp3) is 0.400. The largest absolute Gasteiger partial charge is 0.342 e. The summed E-state index contributed by atoms with van der Waals surface area (Å²) in [4.78, 5) is 7.72. The molecule has 1 aromatic carbocycles. The maximum atomic E-state index is 6.17. The third-order valence-electron chi connectivity index (χ3n) is 2.81. The average molecular weight is 278 g/mol. The predicted octanol–water partition coefficient (Wildman–Crippen LogP) is 3.66. The Labute approximate surface area is 119 Å². The highest BCUT2D eigenvalue weighted by atomic mass is 35.5. The van der Waals surface area contributed by atoms with Crippen LogP contribution in [0.4, 0.5) is 0 Å². The lowest BCUT2D eigenvalue weighted by atomic mass is 10.1. The zero-order chi connectivity index (χ0) is 13.9. The van der Waals surface area contributed by atoms with E-state index in [1.165, 1.54) is 0 Å². The molecule has 0 bridgehead atoms. The van der Waals surface area contributed by atoms with Crippen molar-refractivity contribution in [1.29, 1.82) is 0 Å². The number of benzene rings is 1. The second-order valence-electron chi connectivity index (χ2n) is 5.65. The van der Waals surface area contributed by atoms with Crippen LogP contribution in [0.5, 0.6) is 0 Å². The van der Waals surface area contributed by atoms with Gasteiger partial charge in [0.15, 0.2) is 0 Å². The van der Waals surface area contributed by atoms with Crippen molar-refractivity contribution in [2.75, 3.05) is 6.54 Å². The topological polar surface area (TPSA) is 40.7 Å². The van der Waals surface area contributed by atoms with Crippen molar-refractivity contribution in [3.8, 4) is 11.3 Å². The monoisotopic (exact) mass is 277 g/mol. The molecule has 102 valence electrons. The molecule has 1 aromatic heterocycles. The van der Waals surface area contributed by atoms with E-state index in [0.29, 0.717) is 0 Å². The van der Waals surface area contributed by atoms with E-state index in [0.717, 1.165) is 35.1 Å². The number of hydrogen-bond acceptors (Lipinski definition) is 2. The summed E-state index contributed by atoms with van der Waals surface area (Å²) in [6.07, 6.45) is 2.72. The lowest BCUT2D eigenvalue weighted by molar-refractivity contribution is 0.427. The number of nitrogens with zero attached hydrogens (tertiary/aromatic N) is 1. The van der Waals surface area contributed by atoms with Gasteiger partial charge in [0, 0.05) is 29.1 Å². The molecule has 0 aliphatic carbocycles. The minimum absolute atomic E-state index is 0.137. The summed E-state index contributed by atoms with van der Waals surface area (Å²) >= 11 is 6.17. The molecular weight excluding hydrogens is 258 g/mol. The zero-order valence-corrected chi connectivity index (χ0v) is 12.4. The van der Waals surface area contributed by atoms with Gasteiger partial charge in [0.2, 0.25) is 0 Å². The number of nitrogens with one attached hydrogen (secondary N) is 2. The summed E-state index contributed by atoms with van der Waals surface area (Å²) in [5.74, 6) is 0.978. The van der Waals surface area contributed by atoms with Crippen LogP contribution in [0.1, 0.15) is 26.6 Å². The molecule has 0 aliphatic rings. The van der Waals surface area contributed by atoms with Crippen molar-refractivity contribution in [3.63, 3.8) is 0 Å². The van der Waals surface area contributed by atoms with E-state index in [2.05, 4.69) is 36.1 Å². The molecule has 4 heteroatoms. The molecule has 0 unspecified atom stereocenters. The number of imidazole rings is 1. The number of halogens is 1. The van der Waals surface area contributed by atoms with Crippen molar-refractivity contribution >= 4 is 11.6 Å². The van der Waals surface area contributed by atoms with E-state index in [4.69, 9.17) is 11.6 Å². The molecule has 2 rings (SSSR count). The second kappa shape index (κ2) is 5.76. The molecule has 0 fully saturated rings. The van der Waals surface area contributed by atoms with Gasteiger partial charge in [0.05, 0.1) is 11.9 Å². The van der Waals surface area contributed by atoms with Crippen molar-refractivity contribution in [1.82, 2.24) is 15.3 Å². The second-order valence-corrected chi connectivity index (χ2v) is 6.06. The smallest absolute Gasteiger partial charge is 0.107 e. The van der Waals surface area contributed by atoms with Crippen LogP contribution in [0.25, 0.3) is 11.3 Å². The molecule has 0 amide bonds. The van der Waals surface area contributed by atoms with Crippen LogP contribution in [0, 0.1) is 0 Å². The van der Waals surface area contributed by atoms with E-state index < -0.39 is 0 Å². The quantitative estimate of drug-likeness (QED) is 0.895. The molecular formula is C15H20ClN3. The van der Waals surface area contributed by atoms with Crippen LogP contribution in [0.15, 0.2) is 30.5 Å². The third kappa shape index (κ3) is 4.08. The fourth-order valence-corrected chi connectivity index (χ4v) is 2.10. The Morgan fingerprint density at radius 3 is 2.68 bits per heavy atom. The Morgan fingerprint density at radius 1 is 1.26 bits per heavy atom. The molecule has 0 aliphatic heterocycles. The van der Waals surface area contributed by atoms with Crippen LogP contribution in [0.3, 0.4) is 0 Å². The van der Waals surface area contributed by atoms with E-state index in [1.807, 2.05) is 30.5 Å². The van der Waals surface area contributed by atoms with Gasteiger partial charge < -0.3 is 10.3 Å². The first kappa shape index (κ1) is 14.1. The summed E-state index contributed by atoms with van der Waals surface area (Å²) < 4.78 is 0. The minimum Gasteiger partial charge on any atom is -0.342 e. The maximum Gasteiger partial charge on any atom is 0.107 e. The van der Waals surface area contributed by atoms with Gasteiger partial charge in [-0.25, -0.2) is 4.98 Å². The van der Waals surface area contributed by atoms with Crippen LogP contribution in [0.2, 0.25) is 5.02 Å². The van der Waals surface area contributed by atoms with Gasteiger partial charge in [-0.2, -0.15) is 0 Å². The molecule has 0 saturated carbocycles. The molecule has 0 atom stereocenters. The van der Waals surface area contributed by atoms with Crippen molar-refractivity contribution in [2.45, 2.75) is 32.7 Å². The summed E-state index contributed by atoms with van der Waals surface area (Å²) in [5, 5.41) is 4.19. The Balaban J connectivity index is 2.02. The highest BCUT2D eigenvalue weighted by Crippen LogP contribution is 2.25. The molecule has 19 heavy (non-hydrogen) atoms. The zero-order valence-electron chi connectivity index (χ0n) is 11.6.